The molecular weight excluding hydrogens is 435 g/mol. The summed E-state index contributed by atoms with van der Waals surface area (Å²) in [7, 11) is 0. The van der Waals surface area contributed by atoms with Crippen molar-refractivity contribution in [2.24, 2.45) is 0 Å². The number of carbonyl (C=O) groups excluding carboxylic acids is 2. The first kappa shape index (κ1) is 23.3. The van der Waals surface area contributed by atoms with Gasteiger partial charge in [-0.3, -0.25) is 14.5 Å². The minimum absolute atomic E-state index is 0.0829. The van der Waals surface area contributed by atoms with E-state index in [0.717, 1.165) is 37.3 Å². The molecule has 33 heavy (non-hydrogen) atoms. The van der Waals surface area contributed by atoms with Gasteiger partial charge in [-0.15, -0.1) is 0 Å². The van der Waals surface area contributed by atoms with Crippen molar-refractivity contribution in [2.75, 3.05) is 52.5 Å². The summed E-state index contributed by atoms with van der Waals surface area (Å²) < 4.78 is 43.6. The second-order valence-electron chi connectivity index (χ2n) is 8.25. The molecule has 0 saturated carbocycles. The lowest BCUT2D eigenvalue weighted by Gasteiger charge is -2.35. The molecule has 2 amide bonds. The van der Waals surface area contributed by atoms with E-state index in [9.17, 15) is 22.8 Å². The van der Waals surface area contributed by atoms with Crippen LogP contribution in [0.3, 0.4) is 0 Å². The third-order valence-corrected chi connectivity index (χ3v) is 6.00. The average molecular weight is 461 g/mol. The lowest BCUT2D eigenvalue weighted by atomic mass is 10.1. The maximum absolute atomic E-state index is 13.0. The van der Waals surface area contributed by atoms with Gasteiger partial charge in [-0.1, -0.05) is 12.1 Å². The molecule has 4 rings (SSSR count). The van der Waals surface area contributed by atoms with Gasteiger partial charge in [-0.25, -0.2) is 0 Å². The SMILES string of the molecule is O=C(c1ccc(C(F)(F)F)cc1)N1CCN(C(=O)c2cccc(CN3CCOCC3)c2)CC1. The van der Waals surface area contributed by atoms with Crippen LogP contribution < -0.4 is 0 Å². The van der Waals surface area contributed by atoms with Crippen molar-refractivity contribution >= 4 is 11.8 Å². The van der Waals surface area contributed by atoms with E-state index in [1.165, 1.54) is 12.1 Å². The topological polar surface area (TPSA) is 53.1 Å². The zero-order chi connectivity index (χ0) is 23.4. The first-order valence-corrected chi connectivity index (χ1v) is 11.0. The first-order chi connectivity index (χ1) is 15.8. The van der Waals surface area contributed by atoms with Crippen molar-refractivity contribution in [1.29, 1.82) is 0 Å². The summed E-state index contributed by atoms with van der Waals surface area (Å²) in [5.74, 6) is -0.413. The lowest BCUT2D eigenvalue weighted by molar-refractivity contribution is -0.137. The molecule has 176 valence electrons. The third kappa shape index (κ3) is 5.72. The summed E-state index contributed by atoms with van der Waals surface area (Å²) in [5, 5.41) is 0. The third-order valence-electron chi connectivity index (χ3n) is 6.00. The smallest absolute Gasteiger partial charge is 0.379 e. The second kappa shape index (κ2) is 9.93. The van der Waals surface area contributed by atoms with Gasteiger partial charge in [0.15, 0.2) is 0 Å². The fourth-order valence-electron chi connectivity index (χ4n) is 4.10. The summed E-state index contributed by atoms with van der Waals surface area (Å²) in [6.07, 6.45) is -4.44. The predicted octanol–water partition coefficient (Wildman–Crippen LogP) is 3.14. The van der Waals surface area contributed by atoms with Crippen LogP contribution in [0, 0.1) is 0 Å². The van der Waals surface area contributed by atoms with E-state index in [2.05, 4.69) is 4.90 Å². The molecule has 2 aromatic rings. The highest BCUT2D eigenvalue weighted by atomic mass is 19.4. The monoisotopic (exact) mass is 461 g/mol. The van der Waals surface area contributed by atoms with Crippen molar-refractivity contribution in [3.05, 3.63) is 70.8 Å². The van der Waals surface area contributed by atoms with Crippen LogP contribution in [0.25, 0.3) is 0 Å². The number of benzene rings is 2. The largest absolute Gasteiger partial charge is 0.416 e. The van der Waals surface area contributed by atoms with Crippen molar-refractivity contribution in [3.8, 4) is 0 Å². The van der Waals surface area contributed by atoms with E-state index in [1.54, 1.807) is 15.9 Å². The molecule has 2 fully saturated rings. The van der Waals surface area contributed by atoms with Gasteiger partial charge in [-0.05, 0) is 42.0 Å². The molecule has 2 aromatic carbocycles. The normalized spacial score (nSPS) is 17.8. The van der Waals surface area contributed by atoms with Gasteiger partial charge in [-0.2, -0.15) is 13.2 Å². The van der Waals surface area contributed by atoms with E-state index in [1.807, 2.05) is 18.2 Å². The number of ether oxygens (including phenoxy) is 1. The van der Waals surface area contributed by atoms with Gasteiger partial charge in [0, 0.05) is 56.9 Å². The molecule has 2 aliphatic rings. The number of amides is 2. The van der Waals surface area contributed by atoms with Crippen molar-refractivity contribution in [1.82, 2.24) is 14.7 Å². The number of morpholine rings is 1. The highest BCUT2D eigenvalue weighted by Crippen LogP contribution is 2.29. The number of nitrogens with zero attached hydrogens (tertiary/aromatic N) is 3. The Balaban J connectivity index is 1.33. The molecule has 0 aliphatic carbocycles. The number of halogens is 3. The predicted molar refractivity (Wildman–Crippen MR) is 116 cm³/mol. The zero-order valence-corrected chi connectivity index (χ0v) is 18.2. The van der Waals surface area contributed by atoms with E-state index < -0.39 is 11.7 Å². The molecule has 2 heterocycles. The van der Waals surface area contributed by atoms with Crippen LogP contribution in [0.5, 0.6) is 0 Å². The Labute approximate surface area is 190 Å². The van der Waals surface area contributed by atoms with Gasteiger partial charge < -0.3 is 14.5 Å². The van der Waals surface area contributed by atoms with Crippen LogP contribution >= 0.6 is 0 Å². The number of hydrogen-bond donors (Lipinski definition) is 0. The zero-order valence-electron chi connectivity index (χ0n) is 18.2. The molecule has 2 saturated heterocycles. The Kier molecular flexibility index (Phi) is 6.99. The molecule has 0 N–H and O–H groups in total. The van der Waals surface area contributed by atoms with Gasteiger partial charge in [0.05, 0.1) is 18.8 Å². The summed E-state index contributed by atoms with van der Waals surface area (Å²) >= 11 is 0. The van der Waals surface area contributed by atoms with Crippen molar-refractivity contribution < 1.29 is 27.5 Å². The molecule has 0 spiro atoms. The molecule has 0 atom stereocenters. The molecule has 0 aromatic heterocycles. The fraction of sp³-hybridized carbons (Fsp3) is 0.417. The molecule has 0 bridgehead atoms. The summed E-state index contributed by atoms with van der Waals surface area (Å²) in [6.45, 7) is 5.35. The second-order valence-corrected chi connectivity index (χ2v) is 8.25. The minimum Gasteiger partial charge on any atom is -0.379 e. The quantitative estimate of drug-likeness (QED) is 0.702. The van der Waals surface area contributed by atoms with E-state index in [0.29, 0.717) is 45.0 Å². The molecular formula is C24H26F3N3O3. The van der Waals surface area contributed by atoms with Crippen LogP contribution in [0.2, 0.25) is 0 Å². The van der Waals surface area contributed by atoms with Crippen LogP contribution in [0.1, 0.15) is 31.8 Å². The highest BCUT2D eigenvalue weighted by molar-refractivity contribution is 5.96. The standard InChI is InChI=1S/C24H26F3N3O3/c25-24(26,27)21-6-4-19(5-7-21)22(31)29-8-10-30(11-9-29)23(32)20-3-1-2-18(16-20)17-28-12-14-33-15-13-28/h1-7,16H,8-15,17H2. The van der Waals surface area contributed by atoms with Crippen LogP contribution in [0.15, 0.2) is 48.5 Å². The number of alkyl halides is 3. The Morgan fingerprint density at radius 2 is 1.36 bits per heavy atom. The number of carbonyl (C=O) groups is 2. The maximum Gasteiger partial charge on any atom is 0.416 e. The molecule has 0 unspecified atom stereocenters. The fourth-order valence-corrected chi connectivity index (χ4v) is 4.10. The van der Waals surface area contributed by atoms with Gasteiger partial charge >= 0.3 is 6.18 Å². The van der Waals surface area contributed by atoms with Crippen molar-refractivity contribution in [2.45, 2.75) is 12.7 Å². The van der Waals surface area contributed by atoms with Crippen LogP contribution in [-0.4, -0.2) is 79.0 Å². The van der Waals surface area contributed by atoms with Gasteiger partial charge in [0.1, 0.15) is 0 Å². The Morgan fingerprint density at radius 3 is 1.94 bits per heavy atom. The van der Waals surface area contributed by atoms with Crippen LogP contribution in [0.4, 0.5) is 13.2 Å². The minimum atomic E-state index is -4.44. The maximum atomic E-state index is 13.0. The van der Waals surface area contributed by atoms with Crippen LogP contribution in [-0.2, 0) is 17.5 Å². The van der Waals surface area contributed by atoms with Gasteiger partial charge in [0.25, 0.3) is 11.8 Å². The molecule has 6 nitrogen and oxygen atoms in total. The number of rotatable bonds is 4. The Morgan fingerprint density at radius 1 is 0.788 bits per heavy atom. The molecule has 2 aliphatic heterocycles. The molecule has 9 heteroatoms. The van der Waals surface area contributed by atoms with Crippen molar-refractivity contribution in [3.63, 3.8) is 0 Å². The number of piperazine rings is 1. The summed E-state index contributed by atoms with van der Waals surface area (Å²) in [4.78, 5) is 31.2. The summed E-state index contributed by atoms with van der Waals surface area (Å²) in [5.41, 5.74) is 1.10. The molecule has 0 radical (unpaired) electrons. The highest BCUT2D eigenvalue weighted by Gasteiger charge is 2.31. The first-order valence-electron chi connectivity index (χ1n) is 11.0. The number of hydrogen-bond acceptors (Lipinski definition) is 4. The Hall–Kier alpha value is -2.91. The summed E-state index contributed by atoms with van der Waals surface area (Å²) in [6, 6.07) is 11.8. The van der Waals surface area contributed by atoms with E-state index in [4.69, 9.17) is 4.74 Å². The average Bonchev–Trinajstić information content (AvgIpc) is 2.83. The van der Waals surface area contributed by atoms with E-state index in [-0.39, 0.29) is 17.4 Å². The van der Waals surface area contributed by atoms with Gasteiger partial charge in [0.2, 0.25) is 0 Å². The Bertz CT molecular complexity index is 980. The van der Waals surface area contributed by atoms with E-state index >= 15 is 0 Å². The lowest BCUT2D eigenvalue weighted by Crippen LogP contribution is -2.50.